The van der Waals surface area contributed by atoms with Crippen molar-refractivity contribution >= 4 is 15.9 Å². The van der Waals surface area contributed by atoms with E-state index in [-0.39, 0.29) is 32.1 Å². The van der Waals surface area contributed by atoms with E-state index >= 15 is 0 Å². The topological polar surface area (TPSA) is 60.9 Å². The van der Waals surface area contributed by atoms with Crippen molar-refractivity contribution in [1.82, 2.24) is 14.1 Å². The number of carbonyl (C=O) groups excluding carboxylic acids is 1. The summed E-state index contributed by atoms with van der Waals surface area (Å²) >= 11 is 0. The number of hydrogen-bond donors (Lipinski definition) is 0. The normalized spacial score (nSPS) is 16.6. The molecule has 1 unspecified atom stereocenters. The molecule has 3 rings (SSSR count). The Bertz CT molecular complexity index is 994. The van der Waals surface area contributed by atoms with Gasteiger partial charge in [0.05, 0.1) is 0 Å². The summed E-state index contributed by atoms with van der Waals surface area (Å²) in [6.07, 6.45) is 0. The Kier molecular flexibility index (Phi) is 6.84. The van der Waals surface area contributed by atoms with Gasteiger partial charge in [0.2, 0.25) is 15.9 Å². The molecule has 0 radical (unpaired) electrons. The van der Waals surface area contributed by atoms with Crippen LogP contribution in [0.5, 0.6) is 0 Å². The smallest absolute Gasteiger partial charge is 0.246 e. The minimum absolute atomic E-state index is 0.0153. The summed E-state index contributed by atoms with van der Waals surface area (Å²) < 4.78 is 54.1. The zero-order valence-corrected chi connectivity index (χ0v) is 17.8. The summed E-state index contributed by atoms with van der Waals surface area (Å²) in [4.78, 5) is 16.1. The third kappa shape index (κ3) is 4.53. The van der Waals surface area contributed by atoms with Crippen LogP contribution >= 0.6 is 0 Å². The third-order valence-corrected chi connectivity index (χ3v) is 7.26. The molecule has 1 aliphatic heterocycles. The number of nitrogens with zero attached hydrogens (tertiary/aromatic N) is 3. The minimum Gasteiger partial charge on any atom is -0.338 e. The van der Waals surface area contributed by atoms with Gasteiger partial charge in [-0.2, -0.15) is 4.31 Å². The predicted octanol–water partition coefficient (Wildman–Crippen LogP) is 2.49. The molecule has 1 saturated heterocycles. The molecule has 30 heavy (non-hydrogen) atoms. The van der Waals surface area contributed by atoms with Crippen molar-refractivity contribution in [2.75, 3.05) is 39.8 Å². The van der Waals surface area contributed by atoms with Gasteiger partial charge in [-0.05, 0) is 37.4 Å². The number of amides is 1. The number of benzene rings is 2. The first kappa shape index (κ1) is 22.3. The van der Waals surface area contributed by atoms with E-state index < -0.39 is 32.6 Å². The number of hydrogen-bond acceptors (Lipinski definition) is 4. The van der Waals surface area contributed by atoms with E-state index in [1.165, 1.54) is 0 Å². The predicted molar refractivity (Wildman–Crippen MR) is 109 cm³/mol. The zero-order valence-electron chi connectivity index (χ0n) is 17.0. The van der Waals surface area contributed by atoms with Crippen molar-refractivity contribution in [2.45, 2.75) is 17.9 Å². The maximum absolute atomic E-state index is 14.0. The quantitative estimate of drug-likeness (QED) is 0.697. The van der Waals surface area contributed by atoms with Crippen molar-refractivity contribution in [3.05, 3.63) is 65.7 Å². The molecule has 1 fully saturated rings. The Morgan fingerprint density at radius 2 is 1.70 bits per heavy atom. The lowest BCUT2D eigenvalue weighted by Crippen LogP contribution is -2.53. The Morgan fingerprint density at radius 1 is 1.07 bits per heavy atom. The van der Waals surface area contributed by atoms with Crippen LogP contribution in [0.2, 0.25) is 0 Å². The molecule has 1 amide bonds. The fourth-order valence-corrected chi connectivity index (χ4v) is 5.04. The molecule has 6 nitrogen and oxygen atoms in total. The van der Waals surface area contributed by atoms with E-state index in [1.807, 2.05) is 49.2 Å². The number of sulfonamides is 1. The number of carbonyl (C=O) groups is 1. The lowest BCUT2D eigenvalue weighted by Gasteiger charge is -2.37. The van der Waals surface area contributed by atoms with Crippen molar-refractivity contribution in [1.29, 1.82) is 0 Å². The van der Waals surface area contributed by atoms with Gasteiger partial charge in [0.1, 0.15) is 22.6 Å². The van der Waals surface area contributed by atoms with Crippen LogP contribution in [0.1, 0.15) is 18.5 Å². The van der Waals surface area contributed by atoms with Crippen LogP contribution in [0.4, 0.5) is 8.78 Å². The molecule has 1 atom stereocenters. The molecule has 0 spiro atoms. The second kappa shape index (κ2) is 9.20. The molecule has 2 aromatic carbocycles. The fraction of sp³-hybridized carbons (Fsp3) is 0.381. The summed E-state index contributed by atoms with van der Waals surface area (Å²) in [5.74, 6) is -1.93. The standard InChI is InChI=1S/C21H25F2N3O3S/c1-3-24(2)20(16-7-5-4-6-8-16)21(27)25-11-13-26(14-12-25)30(28,29)19-15-17(22)9-10-18(19)23/h4-10,15,20H,3,11-14H2,1-2H3. The van der Waals surface area contributed by atoms with Gasteiger partial charge >= 0.3 is 0 Å². The summed E-state index contributed by atoms with van der Waals surface area (Å²) in [6, 6.07) is 11.3. The lowest BCUT2D eigenvalue weighted by atomic mass is 10.0. The Hall–Kier alpha value is -2.36. The fourth-order valence-electron chi connectivity index (χ4n) is 3.54. The number of rotatable bonds is 6. The lowest BCUT2D eigenvalue weighted by molar-refractivity contribution is -0.138. The molecule has 0 saturated carbocycles. The van der Waals surface area contributed by atoms with Crippen molar-refractivity contribution in [2.24, 2.45) is 0 Å². The molecule has 1 aliphatic rings. The average molecular weight is 438 g/mol. The van der Waals surface area contributed by atoms with Gasteiger partial charge in [0.25, 0.3) is 0 Å². The first-order valence-electron chi connectivity index (χ1n) is 9.75. The monoisotopic (exact) mass is 437 g/mol. The minimum atomic E-state index is -4.19. The maximum atomic E-state index is 14.0. The van der Waals surface area contributed by atoms with Gasteiger partial charge in [0, 0.05) is 26.2 Å². The van der Waals surface area contributed by atoms with Gasteiger partial charge < -0.3 is 4.90 Å². The number of halogens is 2. The third-order valence-electron chi connectivity index (χ3n) is 5.35. The van der Waals surface area contributed by atoms with E-state index in [2.05, 4.69) is 0 Å². The molecular formula is C21H25F2N3O3S. The van der Waals surface area contributed by atoms with Crippen LogP contribution in [-0.2, 0) is 14.8 Å². The molecule has 1 heterocycles. The van der Waals surface area contributed by atoms with E-state index in [4.69, 9.17) is 0 Å². The zero-order chi connectivity index (χ0) is 21.9. The summed E-state index contributed by atoms with van der Waals surface area (Å²) in [6.45, 7) is 3.01. The van der Waals surface area contributed by atoms with Gasteiger partial charge in [-0.3, -0.25) is 9.69 Å². The highest BCUT2D eigenvalue weighted by molar-refractivity contribution is 7.89. The molecule has 9 heteroatoms. The van der Waals surface area contributed by atoms with Gasteiger partial charge in [-0.1, -0.05) is 37.3 Å². The Balaban J connectivity index is 1.75. The average Bonchev–Trinajstić information content (AvgIpc) is 2.76. The molecule has 0 aromatic heterocycles. The Morgan fingerprint density at radius 3 is 2.30 bits per heavy atom. The first-order chi connectivity index (χ1) is 14.3. The highest BCUT2D eigenvalue weighted by Crippen LogP contribution is 2.25. The number of piperazine rings is 1. The van der Waals surface area contributed by atoms with E-state index in [0.29, 0.717) is 12.6 Å². The number of likely N-dealkylation sites (N-methyl/N-ethyl adjacent to an activating group) is 1. The molecule has 2 aromatic rings. The van der Waals surface area contributed by atoms with Crippen LogP contribution in [-0.4, -0.2) is 68.2 Å². The molecule has 0 bridgehead atoms. The summed E-state index contributed by atoms with van der Waals surface area (Å²) in [5, 5.41) is 0. The van der Waals surface area contributed by atoms with Gasteiger partial charge in [-0.15, -0.1) is 0 Å². The van der Waals surface area contributed by atoms with Crippen molar-refractivity contribution < 1.29 is 22.0 Å². The van der Waals surface area contributed by atoms with Crippen LogP contribution in [0, 0.1) is 11.6 Å². The van der Waals surface area contributed by atoms with Crippen molar-refractivity contribution in [3.63, 3.8) is 0 Å². The van der Waals surface area contributed by atoms with Crippen LogP contribution < -0.4 is 0 Å². The summed E-state index contributed by atoms with van der Waals surface area (Å²) in [5.41, 5.74) is 0.865. The second-order valence-corrected chi connectivity index (χ2v) is 9.10. The van der Waals surface area contributed by atoms with E-state index in [1.54, 1.807) is 4.90 Å². The van der Waals surface area contributed by atoms with Crippen molar-refractivity contribution in [3.8, 4) is 0 Å². The van der Waals surface area contributed by atoms with E-state index in [0.717, 1.165) is 22.0 Å². The second-order valence-electron chi connectivity index (χ2n) is 7.19. The first-order valence-corrected chi connectivity index (χ1v) is 11.2. The largest absolute Gasteiger partial charge is 0.338 e. The molecule has 162 valence electrons. The van der Waals surface area contributed by atoms with E-state index in [9.17, 15) is 22.0 Å². The SMILES string of the molecule is CCN(C)C(C(=O)N1CCN(S(=O)(=O)c2cc(F)ccc2F)CC1)c1ccccc1. The Labute approximate surface area is 175 Å². The molecule has 0 N–H and O–H groups in total. The van der Waals surface area contributed by atoms with Crippen LogP contribution in [0.15, 0.2) is 53.4 Å². The van der Waals surface area contributed by atoms with Crippen LogP contribution in [0.25, 0.3) is 0 Å². The molecule has 0 aliphatic carbocycles. The maximum Gasteiger partial charge on any atom is 0.246 e. The molecular weight excluding hydrogens is 412 g/mol. The van der Waals surface area contributed by atoms with Gasteiger partial charge in [-0.25, -0.2) is 17.2 Å². The van der Waals surface area contributed by atoms with Crippen LogP contribution in [0.3, 0.4) is 0 Å². The summed E-state index contributed by atoms with van der Waals surface area (Å²) in [7, 11) is -2.32. The highest BCUT2D eigenvalue weighted by Gasteiger charge is 2.35. The highest BCUT2D eigenvalue weighted by atomic mass is 32.2. The van der Waals surface area contributed by atoms with Gasteiger partial charge in [0.15, 0.2) is 0 Å².